The summed E-state index contributed by atoms with van der Waals surface area (Å²) in [5.74, 6) is 0. The van der Waals surface area contributed by atoms with Crippen LogP contribution in [0.25, 0.3) is 0 Å². The monoisotopic (exact) mass is 264 g/mol. The number of aliphatic hydroxyl groups excluding tert-OH is 1. The zero-order chi connectivity index (χ0) is 13.9. The van der Waals surface area contributed by atoms with Crippen LogP contribution < -0.4 is 4.90 Å². The summed E-state index contributed by atoms with van der Waals surface area (Å²) < 4.78 is 36.7. The van der Waals surface area contributed by atoms with Crippen molar-refractivity contribution in [1.29, 1.82) is 0 Å². The molecule has 1 rings (SSSR count). The van der Waals surface area contributed by atoms with Crippen LogP contribution in [0.2, 0.25) is 0 Å². The fourth-order valence-electron chi connectivity index (χ4n) is 1.54. The molecule has 0 aliphatic rings. The van der Waals surface area contributed by atoms with Crippen molar-refractivity contribution >= 4 is 11.4 Å². The Morgan fingerprint density at radius 2 is 2.06 bits per heavy atom. The first kappa shape index (κ1) is 14.2. The van der Waals surface area contributed by atoms with Crippen molar-refractivity contribution in [3.8, 4) is 0 Å². The molecule has 0 spiro atoms. The maximum Gasteiger partial charge on any atom is 0.405 e. The first-order valence-corrected chi connectivity index (χ1v) is 4.90. The van der Waals surface area contributed by atoms with E-state index in [1.807, 2.05) is 0 Å². The van der Waals surface area contributed by atoms with E-state index in [9.17, 15) is 23.3 Å². The van der Waals surface area contributed by atoms with Crippen LogP contribution in [-0.2, 0) is 6.61 Å². The molecular formula is C10H11F3N2O3. The molecule has 1 N–H and O–H groups in total. The number of nitro groups is 1. The molecule has 0 amide bonds. The maximum atomic E-state index is 12.2. The molecule has 0 saturated carbocycles. The zero-order valence-corrected chi connectivity index (χ0v) is 9.44. The molecule has 0 unspecified atom stereocenters. The van der Waals surface area contributed by atoms with Gasteiger partial charge in [-0.2, -0.15) is 13.2 Å². The lowest BCUT2D eigenvalue weighted by Gasteiger charge is -2.23. The summed E-state index contributed by atoms with van der Waals surface area (Å²) in [4.78, 5) is 10.7. The molecule has 0 heterocycles. The van der Waals surface area contributed by atoms with E-state index in [0.29, 0.717) is 0 Å². The zero-order valence-electron chi connectivity index (χ0n) is 9.44. The number of anilines is 1. The number of hydrogen-bond donors (Lipinski definition) is 1. The van der Waals surface area contributed by atoms with Crippen molar-refractivity contribution in [2.45, 2.75) is 12.8 Å². The van der Waals surface area contributed by atoms with Crippen LogP contribution in [0.3, 0.4) is 0 Å². The van der Waals surface area contributed by atoms with E-state index in [4.69, 9.17) is 5.11 Å². The first-order chi connectivity index (χ1) is 8.24. The van der Waals surface area contributed by atoms with Crippen molar-refractivity contribution < 1.29 is 23.2 Å². The minimum absolute atomic E-state index is 0.0796. The average Bonchev–Trinajstić information content (AvgIpc) is 2.25. The van der Waals surface area contributed by atoms with E-state index in [1.54, 1.807) is 0 Å². The summed E-state index contributed by atoms with van der Waals surface area (Å²) >= 11 is 0. The van der Waals surface area contributed by atoms with Gasteiger partial charge in [0.2, 0.25) is 0 Å². The highest BCUT2D eigenvalue weighted by molar-refractivity contribution is 5.57. The molecule has 8 heteroatoms. The molecule has 0 aliphatic carbocycles. The number of alkyl halides is 3. The molecule has 0 radical (unpaired) electrons. The van der Waals surface area contributed by atoms with Crippen LogP contribution in [-0.4, -0.2) is 29.8 Å². The lowest BCUT2D eigenvalue weighted by molar-refractivity contribution is -0.384. The third-order valence-corrected chi connectivity index (χ3v) is 2.27. The topological polar surface area (TPSA) is 66.6 Å². The third kappa shape index (κ3) is 3.59. The Kier molecular flexibility index (Phi) is 4.12. The van der Waals surface area contributed by atoms with Gasteiger partial charge in [0.1, 0.15) is 6.54 Å². The van der Waals surface area contributed by atoms with Gasteiger partial charge in [0, 0.05) is 30.4 Å². The third-order valence-electron chi connectivity index (χ3n) is 2.27. The molecule has 100 valence electrons. The molecule has 0 atom stereocenters. The molecule has 0 bridgehead atoms. The van der Waals surface area contributed by atoms with Crippen LogP contribution in [0.4, 0.5) is 24.5 Å². The van der Waals surface area contributed by atoms with Gasteiger partial charge in [-0.05, 0) is 6.07 Å². The lowest BCUT2D eigenvalue weighted by Crippen LogP contribution is -2.31. The van der Waals surface area contributed by atoms with E-state index in [0.717, 1.165) is 17.0 Å². The smallest absolute Gasteiger partial charge is 0.392 e. The van der Waals surface area contributed by atoms with Gasteiger partial charge in [0.15, 0.2) is 0 Å². The van der Waals surface area contributed by atoms with Gasteiger partial charge in [-0.15, -0.1) is 0 Å². The Morgan fingerprint density at radius 3 is 2.50 bits per heavy atom. The van der Waals surface area contributed by atoms with Crippen LogP contribution in [0.5, 0.6) is 0 Å². The number of hydrogen-bond acceptors (Lipinski definition) is 4. The van der Waals surface area contributed by atoms with E-state index in [2.05, 4.69) is 0 Å². The highest BCUT2D eigenvalue weighted by atomic mass is 19.4. The largest absolute Gasteiger partial charge is 0.405 e. The second-order valence-electron chi connectivity index (χ2n) is 3.70. The fraction of sp³-hybridized carbons (Fsp3) is 0.400. The summed E-state index contributed by atoms with van der Waals surface area (Å²) in [6, 6.07) is 3.35. The number of halogens is 3. The highest BCUT2D eigenvalue weighted by Gasteiger charge is 2.30. The average molecular weight is 264 g/mol. The highest BCUT2D eigenvalue weighted by Crippen LogP contribution is 2.27. The summed E-state index contributed by atoms with van der Waals surface area (Å²) in [6.45, 7) is -1.77. The molecule has 0 saturated heterocycles. The van der Waals surface area contributed by atoms with E-state index in [1.165, 1.54) is 13.1 Å². The summed E-state index contributed by atoms with van der Waals surface area (Å²) in [7, 11) is 1.20. The normalized spacial score (nSPS) is 11.4. The van der Waals surface area contributed by atoms with Crippen molar-refractivity contribution in [3.05, 3.63) is 33.9 Å². The van der Waals surface area contributed by atoms with Crippen LogP contribution in [0.1, 0.15) is 5.56 Å². The van der Waals surface area contributed by atoms with Crippen LogP contribution in [0.15, 0.2) is 18.2 Å². The van der Waals surface area contributed by atoms with E-state index < -0.39 is 24.3 Å². The van der Waals surface area contributed by atoms with E-state index >= 15 is 0 Å². The summed E-state index contributed by atoms with van der Waals surface area (Å²) in [5.41, 5.74) is -0.0837. The Hall–Kier alpha value is -1.83. The van der Waals surface area contributed by atoms with Gasteiger partial charge >= 0.3 is 6.18 Å². The first-order valence-electron chi connectivity index (χ1n) is 4.90. The number of nitrogens with zero attached hydrogens (tertiary/aromatic N) is 2. The summed E-state index contributed by atoms with van der Waals surface area (Å²) in [5, 5.41) is 19.6. The summed E-state index contributed by atoms with van der Waals surface area (Å²) in [6.07, 6.45) is -4.39. The van der Waals surface area contributed by atoms with Crippen LogP contribution >= 0.6 is 0 Å². The number of benzene rings is 1. The quantitative estimate of drug-likeness (QED) is 0.668. The van der Waals surface area contributed by atoms with Crippen molar-refractivity contribution in [3.63, 3.8) is 0 Å². The predicted molar refractivity (Wildman–Crippen MR) is 58.3 cm³/mol. The Labute approximate surface area is 101 Å². The maximum absolute atomic E-state index is 12.2. The number of nitro benzene ring substituents is 1. The molecule has 1 aromatic rings. The van der Waals surface area contributed by atoms with Crippen LogP contribution in [0, 0.1) is 10.1 Å². The molecule has 18 heavy (non-hydrogen) atoms. The minimum Gasteiger partial charge on any atom is -0.392 e. The number of aliphatic hydroxyl groups is 1. The van der Waals surface area contributed by atoms with Gasteiger partial charge in [-0.1, -0.05) is 0 Å². The lowest BCUT2D eigenvalue weighted by atomic mass is 10.1. The Balaban J connectivity index is 3.05. The Morgan fingerprint density at radius 1 is 1.44 bits per heavy atom. The predicted octanol–water partition coefficient (Wildman–Crippen LogP) is 2.09. The van der Waals surface area contributed by atoms with Crippen molar-refractivity contribution in [1.82, 2.24) is 0 Å². The minimum atomic E-state index is -4.39. The van der Waals surface area contributed by atoms with Gasteiger partial charge in [0.25, 0.3) is 5.69 Å². The Bertz CT molecular complexity index is 448. The standard InChI is InChI=1S/C10H11F3N2O3/c1-14(6-10(11,12)13)9-3-2-8(15(17)18)4-7(9)5-16/h2-4,16H,5-6H2,1H3. The van der Waals surface area contributed by atoms with Gasteiger partial charge < -0.3 is 10.0 Å². The molecule has 0 aliphatic heterocycles. The van der Waals surface area contributed by atoms with E-state index in [-0.39, 0.29) is 16.9 Å². The second-order valence-corrected chi connectivity index (χ2v) is 3.70. The molecule has 1 aromatic carbocycles. The number of non-ortho nitro benzene ring substituents is 1. The molecular weight excluding hydrogens is 253 g/mol. The fourth-order valence-corrected chi connectivity index (χ4v) is 1.54. The molecule has 0 aromatic heterocycles. The van der Waals surface area contributed by atoms with Gasteiger partial charge in [-0.25, -0.2) is 0 Å². The van der Waals surface area contributed by atoms with Gasteiger partial charge in [-0.3, -0.25) is 10.1 Å². The van der Waals surface area contributed by atoms with Crippen molar-refractivity contribution in [2.75, 3.05) is 18.5 Å². The number of rotatable bonds is 4. The SMILES string of the molecule is CN(CC(F)(F)F)c1ccc([N+](=O)[O-])cc1CO. The second kappa shape index (κ2) is 5.21. The van der Waals surface area contributed by atoms with Gasteiger partial charge in [0.05, 0.1) is 11.5 Å². The van der Waals surface area contributed by atoms with Crippen molar-refractivity contribution in [2.24, 2.45) is 0 Å². The molecule has 5 nitrogen and oxygen atoms in total. The molecule has 0 fully saturated rings.